The first-order valence-electron chi connectivity index (χ1n) is 53.5. The lowest BCUT2D eigenvalue weighted by atomic mass is 9.78. The minimum Gasteiger partial charge on any atom is -0.497 e. The van der Waals surface area contributed by atoms with Crippen LogP contribution in [0.15, 0.2) is 120 Å². The van der Waals surface area contributed by atoms with Crippen molar-refractivity contribution in [2.75, 3.05) is 49.8 Å². The van der Waals surface area contributed by atoms with Gasteiger partial charge in [0.1, 0.15) is 17.6 Å². The Morgan fingerprint density at radius 2 is 0.887 bits per heavy atom. The maximum absolute atomic E-state index is 14.8. The van der Waals surface area contributed by atoms with Gasteiger partial charge in [-0.1, -0.05) is 222 Å². The summed E-state index contributed by atoms with van der Waals surface area (Å²) in [4.78, 5) is 26.8. The van der Waals surface area contributed by atoms with Crippen molar-refractivity contribution in [3.05, 3.63) is 132 Å². The molecule has 0 radical (unpaired) electrons. The van der Waals surface area contributed by atoms with Gasteiger partial charge in [0.15, 0.2) is 29.2 Å². The zero-order valence-corrected chi connectivity index (χ0v) is 96.5. The van der Waals surface area contributed by atoms with Crippen LogP contribution in [0.2, 0.25) is 46.3 Å². The number of carbonyl (C=O) groups is 2. The SMILES string of the molecule is COC(=O)/C=C/C(C)=C/C[C@@H](C[C@@H]1C=CC[C@@H](C[C@H](OC)[C@@H](C)[C@@H]2C[C@H]([C@H](C)[C@H](O)[C@@H](C)[C@@H](OC(=O)/C=C/C(C)=C/C[C@@H](C[C@@H]3C=CC[C@@H](C[C@H](OC)[C@@H](C)[C@@H]4C[C@H]([C@H](C)[C@@H]5O[Si](C(C)(C)C)(C(C)(C)C)O[C@@H]([C@@H](C)CC[C@H]6C[C@H](OC)C[C@H](C)O6)[C@@H]5C)O[C@H](c5ccc(OC)cc5)O4)O3)O[Si](C)(C)C(C)(C)C)[C@@H](C)CC[C@H]3C[C@H](OC)C[C@H](C)O3)O[C@H](c3ccc(OC)cc3)O2)O1)O[Si](C)(C)C(C)(C)C. The third kappa shape index (κ3) is 33.7. The second-order valence-corrected chi connectivity index (χ2v) is 62.3. The quantitative estimate of drug-likeness (QED) is 0.0213. The number of ether oxygens (including phenoxy) is 16. The molecule has 1 N–H and O–H groups in total. The standard InChI is InChI=1S/C115H192O23Si3/c1-72(44-60-104(116)125-31)42-52-94(135-139(32,33)112(13,14)15)64-88-38-36-40-90(128-88)68-98(123-29)78(7)100-70-102(132-110(130-100)84-48-56-86(119-25)57-49-84)80(9)106(118)82(11)107(74(3)46-54-92-66-96(121-27)62-76(5)126-92)134-105(117)61-45-73(2)43-53-95(136-140(34,35)113(16,17)18)65-89-39-37-41-91(129-89)69-99(124-30)79(8)101-71-103(133-111(131-101)85-50-58-87(120-26)59-51-85)81(10)109-83(12)108(137-141(138-109,114(19,20)21)115(22,23)24)75(4)47-55-93-67-97(122-28)63-77(6)127-93/h36-39,42-45,48-51,56-61,74-83,88-103,106-111,118H,40-41,46-47,52-55,62-71H2,1-35H3/b60-44+,61-45+,72-42+,73-43+/t74-,75-,76-,77-,78+,79+,80-,81-,82+,83-,88-,89-,90-,91-,92-,93-,94-,95-,96+,97+,98-,99-,100-,101-,102+,103+,106-,107-,108-,109-,110+,111+/m0/s1. The number of carbonyl (C=O) groups excluding carboxylic acids is 2. The molecule has 0 aliphatic carbocycles. The van der Waals surface area contributed by atoms with E-state index in [2.05, 4.69) is 213 Å². The summed E-state index contributed by atoms with van der Waals surface area (Å²) in [7, 11) is 4.23. The first kappa shape index (κ1) is 120. The highest BCUT2D eigenvalue weighted by atomic mass is 28.4. The summed E-state index contributed by atoms with van der Waals surface area (Å²) in [6.45, 7) is 62.7. The molecule has 23 nitrogen and oxygen atoms in total. The van der Waals surface area contributed by atoms with Crippen molar-refractivity contribution in [2.24, 2.45) is 47.3 Å². The Labute approximate surface area is 855 Å². The van der Waals surface area contributed by atoms with E-state index in [1.54, 1.807) is 34.5 Å². The van der Waals surface area contributed by atoms with E-state index in [0.29, 0.717) is 70.0 Å². The molecule has 9 rings (SSSR count). The van der Waals surface area contributed by atoms with Crippen LogP contribution in [0.4, 0.5) is 0 Å². The zero-order valence-electron chi connectivity index (χ0n) is 93.5. The van der Waals surface area contributed by atoms with Crippen LogP contribution in [0, 0.1) is 47.3 Å². The molecule has 5 fully saturated rings. The van der Waals surface area contributed by atoms with E-state index in [1.165, 1.54) is 19.3 Å². The number of methoxy groups -OCH3 is 7. The molecule has 141 heavy (non-hydrogen) atoms. The van der Waals surface area contributed by atoms with Crippen LogP contribution in [0.3, 0.4) is 0 Å². The number of rotatable bonds is 47. The highest BCUT2D eigenvalue weighted by Crippen LogP contribution is 2.59. The normalized spacial score (nSPS) is 30.6. The molecule has 2 aromatic rings. The summed E-state index contributed by atoms with van der Waals surface area (Å²) >= 11 is 0. The van der Waals surface area contributed by atoms with Crippen LogP contribution >= 0.6 is 0 Å². The number of hydrogen-bond donors (Lipinski definition) is 1. The molecule has 0 aromatic heterocycles. The Bertz CT molecular complexity index is 4260. The van der Waals surface area contributed by atoms with E-state index in [1.807, 2.05) is 84.4 Å². The summed E-state index contributed by atoms with van der Waals surface area (Å²) < 4.78 is 134. The molecule has 26 heteroatoms. The largest absolute Gasteiger partial charge is 0.497 e. The van der Waals surface area contributed by atoms with E-state index in [9.17, 15) is 14.7 Å². The van der Waals surface area contributed by atoms with E-state index in [0.717, 1.165) is 79.4 Å². The molecule has 0 saturated carbocycles. The van der Waals surface area contributed by atoms with Gasteiger partial charge in [-0.2, -0.15) is 0 Å². The fourth-order valence-corrected chi connectivity index (χ4v) is 30.4. The third-order valence-corrected chi connectivity index (χ3v) is 47.3. The summed E-state index contributed by atoms with van der Waals surface area (Å²) in [6.07, 6.45) is 27.0. The predicted molar refractivity (Wildman–Crippen MR) is 568 cm³/mol. The van der Waals surface area contributed by atoms with Crippen molar-refractivity contribution in [3.63, 3.8) is 0 Å². The van der Waals surface area contributed by atoms with Crippen LogP contribution in [0.5, 0.6) is 11.5 Å². The number of hydrogen-bond acceptors (Lipinski definition) is 23. The third-order valence-electron chi connectivity index (χ3n) is 33.1. The Morgan fingerprint density at radius 1 is 0.482 bits per heavy atom. The first-order valence-corrected chi connectivity index (χ1v) is 61.1. The van der Waals surface area contributed by atoms with E-state index >= 15 is 0 Å². The highest BCUT2D eigenvalue weighted by Gasteiger charge is 2.65. The minimum atomic E-state index is -3.08. The molecule has 32 atom stereocenters. The molecule has 5 saturated heterocycles. The summed E-state index contributed by atoms with van der Waals surface area (Å²) in [5, 5.41) is 12.5. The number of aliphatic hydroxyl groups is 1. The van der Waals surface area contributed by atoms with E-state index in [-0.39, 0.29) is 172 Å². The molecule has 7 aliphatic heterocycles. The summed E-state index contributed by atoms with van der Waals surface area (Å²) in [5.74, 6) is -0.623. The van der Waals surface area contributed by atoms with Gasteiger partial charge in [0.25, 0.3) is 0 Å². The van der Waals surface area contributed by atoms with Gasteiger partial charge >= 0.3 is 20.5 Å². The summed E-state index contributed by atoms with van der Waals surface area (Å²) in [5.41, 5.74) is 3.56. The Morgan fingerprint density at radius 3 is 1.29 bits per heavy atom. The van der Waals surface area contributed by atoms with E-state index in [4.69, 9.17) is 93.5 Å². The maximum Gasteiger partial charge on any atom is 0.349 e. The second kappa shape index (κ2) is 53.7. The van der Waals surface area contributed by atoms with Crippen LogP contribution in [0.1, 0.15) is 305 Å². The fourth-order valence-electron chi connectivity index (χ4n) is 22.2. The molecule has 7 heterocycles. The number of benzene rings is 2. The van der Waals surface area contributed by atoms with Gasteiger partial charge in [-0.3, -0.25) is 0 Å². The van der Waals surface area contributed by atoms with Gasteiger partial charge < -0.3 is 98.6 Å². The minimum absolute atomic E-state index is 0.0140. The second-order valence-electron chi connectivity index (χ2n) is 48.1. The van der Waals surface area contributed by atoms with Crippen molar-refractivity contribution in [1.82, 2.24) is 0 Å². The summed E-state index contributed by atoms with van der Waals surface area (Å²) in [6, 6.07) is 15.8. The lowest BCUT2D eigenvalue weighted by Crippen LogP contribution is -2.68. The van der Waals surface area contributed by atoms with Gasteiger partial charge in [0, 0.05) is 136 Å². The Hall–Kier alpha value is -4.61. The van der Waals surface area contributed by atoms with Crippen molar-refractivity contribution in [1.29, 1.82) is 0 Å². The average Bonchev–Trinajstić information content (AvgIpc) is 0.720. The first-order chi connectivity index (χ1) is 66.2. The molecule has 802 valence electrons. The molecular formula is C115H192O23Si3. The number of esters is 2. The molecule has 0 spiro atoms. The van der Waals surface area contributed by atoms with Gasteiger partial charge in [0.2, 0.25) is 0 Å². The van der Waals surface area contributed by atoms with Crippen molar-refractivity contribution in [2.45, 2.75) is 475 Å². The molecular weight excluding hydrogens is 1830 g/mol. The van der Waals surface area contributed by atoms with Gasteiger partial charge in [0.05, 0.1) is 150 Å². The van der Waals surface area contributed by atoms with Crippen LogP contribution < -0.4 is 9.47 Å². The predicted octanol–water partition coefficient (Wildman–Crippen LogP) is 25.4. The molecule has 0 amide bonds. The van der Waals surface area contributed by atoms with E-state index < -0.39 is 79.9 Å². The number of aliphatic hydroxyl groups excluding tert-OH is 1. The van der Waals surface area contributed by atoms with Gasteiger partial charge in [-0.05, 0) is 177 Å². The topological polar surface area (TPSA) is 239 Å². The van der Waals surface area contributed by atoms with Gasteiger partial charge in [-0.15, -0.1) is 0 Å². The molecule has 2 aromatic carbocycles. The molecule has 7 aliphatic rings. The zero-order chi connectivity index (χ0) is 104. The average molecular weight is 2030 g/mol. The van der Waals surface area contributed by atoms with Gasteiger partial charge in [-0.25, -0.2) is 9.59 Å². The smallest absolute Gasteiger partial charge is 0.349 e. The van der Waals surface area contributed by atoms with Crippen molar-refractivity contribution >= 4 is 37.1 Å². The molecule has 0 unspecified atom stereocenters. The lowest BCUT2D eigenvalue weighted by molar-refractivity contribution is -0.280. The van der Waals surface area contributed by atoms with Crippen LogP contribution in [-0.4, -0.2) is 226 Å². The van der Waals surface area contributed by atoms with Crippen molar-refractivity contribution in [3.8, 4) is 11.5 Å². The highest BCUT2D eigenvalue weighted by molar-refractivity contribution is 6.75. The number of allylic oxidation sites excluding steroid dienone is 4. The van der Waals surface area contributed by atoms with Crippen LogP contribution in [0.25, 0.3) is 0 Å². The molecule has 0 bridgehead atoms. The Balaban J connectivity index is 0.903. The van der Waals surface area contributed by atoms with Crippen LogP contribution in [-0.2, 0) is 93.6 Å². The monoisotopic (exact) mass is 2030 g/mol. The fraction of sp³-hybridized carbons (Fsp3) is 0.774. The lowest BCUT2D eigenvalue weighted by Gasteiger charge is -2.59. The van der Waals surface area contributed by atoms with Crippen molar-refractivity contribution < 1.29 is 108 Å². The maximum atomic E-state index is 14.8. The Kier molecular flexibility index (Phi) is 45.7.